The van der Waals surface area contributed by atoms with E-state index in [2.05, 4.69) is 0 Å². The van der Waals surface area contributed by atoms with E-state index in [1.165, 1.54) is 14.1 Å². The van der Waals surface area contributed by atoms with Crippen LogP contribution < -0.4 is 9.83 Å². The van der Waals surface area contributed by atoms with Gasteiger partial charge in [0.1, 0.15) is 6.54 Å². The van der Waals surface area contributed by atoms with Crippen molar-refractivity contribution in [3.63, 3.8) is 0 Å². The summed E-state index contributed by atoms with van der Waals surface area (Å²) in [4.78, 5) is 10.6. The van der Waals surface area contributed by atoms with Crippen molar-refractivity contribution in [1.82, 2.24) is 4.72 Å². The maximum Gasteiger partial charge on any atom is 0.460 e. The number of carboxylic acids is 1. The van der Waals surface area contributed by atoms with Crippen molar-refractivity contribution in [3.8, 4) is 0 Å². The first-order chi connectivity index (χ1) is 16.0. The van der Waals surface area contributed by atoms with Crippen molar-refractivity contribution in [2.45, 2.75) is 61.5 Å². The van der Waals surface area contributed by atoms with Gasteiger partial charge in [0.2, 0.25) is 10.0 Å². The lowest BCUT2D eigenvalue weighted by Gasteiger charge is -2.35. The Bertz CT molecular complexity index is 890. The molecular formula is C17H23F13N2O4S. The van der Waals surface area contributed by atoms with Gasteiger partial charge >= 0.3 is 23.9 Å². The third-order valence-corrected chi connectivity index (χ3v) is 6.15. The van der Waals surface area contributed by atoms with Crippen molar-refractivity contribution in [1.29, 1.82) is 0 Å². The van der Waals surface area contributed by atoms with E-state index in [9.17, 15) is 75.4 Å². The fourth-order valence-corrected chi connectivity index (χ4v) is 4.06. The van der Waals surface area contributed by atoms with Gasteiger partial charge in [0, 0.05) is 19.4 Å². The molecule has 0 amide bonds. The van der Waals surface area contributed by atoms with Crippen molar-refractivity contribution in [3.05, 3.63) is 0 Å². The zero-order valence-corrected chi connectivity index (χ0v) is 19.9. The van der Waals surface area contributed by atoms with E-state index in [-0.39, 0.29) is 17.4 Å². The summed E-state index contributed by atoms with van der Waals surface area (Å²) in [6.45, 7) is -0.815. The maximum absolute atomic E-state index is 13.8. The zero-order valence-electron chi connectivity index (χ0n) is 19.1. The molecule has 0 aromatic heterocycles. The van der Waals surface area contributed by atoms with Gasteiger partial charge in [0.15, 0.2) is 0 Å². The number of alkyl halides is 13. The summed E-state index contributed by atoms with van der Waals surface area (Å²) in [6, 6.07) is 0. The lowest BCUT2D eigenvalue weighted by atomic mass is 9.94. The highest BCUT2D eigenvalue weighted by molar-refractivity contribution is 7.89. The van der Waals surface area contributed by atoms with Gasteiger partial charge in [0.25, 0.3) is 11.8 Å². The minimum absolute atomic E-state index is 0.0279. The van der Waals surface area contributed by atoms with E-state index in [4.69, 9.17) is 0 Å². The predicted octanol–water partition coefficient (Wildman–Crippen LogP) is 3.03. The Kier molecular flexibility index (Phi) is 10.8. The third-order valence-electron chi connectivity index (χ3n) is 4.76. The van der Waals surface area contributed by atoms with Crippen LogP contribution in [0.2, 0.25) is 0 Å². The van der Waals surface area contributed by atoms with Gasteiger partial charge in [-0.05, 0) is 0 Å². The molecular weight excluding hydrogens is 575 g/mol. The molecule has 0 unspecified atom stereocenters. The number of halogens is 13. The fourth-order valence-electron chi connectivity index (χ4n) is 2.89. The highest BCUT2D eigenvalue weighted by atomic mass is 32.2. The van der Waals surface area contributed by atoms with Crippen LogP contribution in [0.3, 0.4) is 0 Å². The van der Waals surface area contributed by atoms with E-state index in [0.717, 1.165) is 0 Å². The van der Waals surface area contributed by atoms with Gasteiger partial charge in [0.05, 0.1) is 45.2 Å². The van der Waals surface area contributed by atoms with Crippen LogP contribution >= 0.6 is 0 Å². The summed E-state index contributed by atoms with van der Waals surface area (Å²) >= 11 is 0. The number of sulfonamides is 1. The Hall–Kier alpha value is -1.57. The second-order valence-electron chi connectivity index (χ2n) is 8.92. The van der Waals surface area contributed by atoms with Gasteiger partial charge in [-0.3, -0.25) is 0 Å². The highest BCUT2D eigenvalue weighted by Gasteiger charge is 2.82. The molecule has 0 heterocycles. The molecule has 0 bridgehead atoms. The first-order valence-electron chi connectivity index (χ1n) is 9.94. The molecule has 0 fully saturated rings. The van der Waals surface area contributed by atoms with Gasteiger partial charge in [-0.1, -0.05) is 0 Å². The number of quaternary nitrogens is 1. The van der Waals surface area contributed by atoms with Crippen LogP contribution in [-0.4, -0.2) is 94.1 Å². The molecule has 0 aromatic carbocycles. The molecule has 0 saturated heterocycles. The Morgan fingerprint density at radius 3 is 1.73 bits per heavy atom. The van der Waals surface area contributed by atoms with Gasteiger partial charge in [-0.2, -0.15) is 39.5 Å². The molecule has 0 aliphatic rings. The molecule has 0 saturated carbocycles. The molecule has 37 heavy (non-hydrogen) atoms. The molecule has 0 atom stereocenters. The molecule has 0 rings (SSSR count). The number of rotatable bonds is 16. The monoisotopic (exact) mass is 598 g/mol. The zero-order chi connectivity index (χ0) is 29.9. The van der Waals surface area contributed by atoms with Crippen LogP contribution in [0.15, 0.2) is 0 Å². The largest absolute Gasteiger partial charge is 0.544 e. The lowest BCUT2D eigenvalue weighted by Crippen LogP contribution is -2.62. The standard InChI is InChI=1S/C17H23F13N2O4S/c1-32(2,8-11(33)34)6-3-5-31-37(35,36)7-4-12(18,19)9-13(20,21)10-14(22,23)15(24,25)16(26,27)17(28,29)30/h31H,3-10H2,1-2H3. The minimum atomic E-state index is -7.49. The van der Waals surface area contributed by atoms with Crippen molar-refractivity contribution >= 4 is 16.0 Å². The number of hydrogen-bond acceptors (Lipinski definition) is 4. The van der Waals surface area contributed by atoms with E-state index >= 15 is 0 Å². The van der Waals surface area contributed by atoms with Crippen LogP contribution in [0, 0.1) is 0 Å². The van der Waals surface area contributed by atoms with E-state index in [1.54, 1.807) is 4.72 Å². The molecule has 1 N–H and O–H groups in total. The molecule has 0 aliphatic carbocycles. The Morgan fingerprint density at radius 1 is 0.811 bits per heavy atom. The first-order valence-corrected chi connectivity index (χ1v) is 11.6. The maximum atomic E-state index is 13.8. The Labute approximate surface area is 202 Å². The number of carboxylic acid groups (broad SMARTS) is 1. The summed E-state index contributed by atoms with van der Waals surface area (Å²) < 4.78 is 195. The summed E-state index contributed by atoms with van der Waals surface area (Å²) in [5, 5.41) is 10.6. The number of likely N-dealkylation sites (N-methyl/N-ethyl adjacent to an activating group) is 1. The van der Waals surface area contributed by atoms with Crippen molar-refractivity contribution in [2.75, 3.05) is 39.5 Å². The van der Waals surface area contributed by atoms with Crippen LogP contribution in [0.5, 0.6) is 0 Å². The topological polar surface area (TPSA) is 86.3 Å². The molecule has 0 aliphatic heterocycles. The SMILES string of the molecule is C[N+](C)(CCCNS(=O)(=O)CCC(F)(F)CC(F)(F)CC(F)(F)C(F)(F)C(F)(F)C(F)(F)F)CC(=O)[O-]. The fraction of sp³-hybridized carbons (Fsp3) is 0.941. The molecule has 0 spiro atoms. The molecule has 0 aromatic rings. The average molecular weight is 598 g/mol. The van der Waals surface area contributed by atoms with Gasteiger partial charge in [-0.15, -0.1) is 0 Å². The number of hydrogen-bond donors (Lipinski definition) is 1. The summed E-state index contributed by atoms with van der Waals surface area (Å²) in [5.41, 5.74) is 0. The summed E-state index contributed by atoms with van der Waals surface area (Å²) in [5.74, 6) is -35.2. The molecule has 6 nitrogen and oxygen atoms in total. The first kappa shape index (κ1) is 35.4. The highest BCUT2D eigenvalue weighted by Crippen LogP contribution is 2.56. The molecule has 0 radical (unpaired) electrons. The smallest absolute Gasteiger partial charge is 0.460 e. The number of nitrogens with zero attached hydrogens (tertiary/aromatic N) is 1. The van der Waals surface area contributed by atoms with E-state index in [0.29, 0.717) is 0 Å². The number of carbonyl (C=O) groups is 1. The normalized spacial score (nSPS) is 15.2. The van der Waals surface area contributed by atoms with Crippen LogP contribution in [0.25, 0.3) is 0 Å². The summed E-state index contributed by atoms with van der Waals surface area (Å²) in [6.07, 6.45) is -16.2. The second kappa shape index (κ2) is 11.3. The van der Waals surface area contributed by atoms with Crippen LogP contribution in [0.1, 0.15) is 25.7 Å². The summed E-state index contributed by atoms with van der Waals surface area (Å²) in [7, 11) is -1.73. The third kappa shape index (κ3) is 10.6. The minimum Gasteiger partial charge on any atom is -0.544 e. The second-order valence-corrected chi connectivity index (χ2v) is 10.8. The van der Waals surface area contributed by atoms with Crippen molar-refractivity contribution < 1.29 is 79.9 Å². The van der Waals surface area contributed by atoms with Crippen molar-refractivity contribution in [2.24, 2.45) is 0 Å². The molecule has 20 heteroatoms. The van der Waals surface area contributed by atoms with Crippen LogP contribution in [-0.2, 0) is 14.8 Å². The number of nitrogens with one attached hydrogen (secondary N) is 1. The van der Waals surface area contributed by atoms with E-state index in [1.807, 2.05) is 0 Å². The number of carbonyl (C=O) groups excluding carboxylic acids is 1. The molecule has 222 valence electrons. The quantitative estimate of drug-likeness (QED) is 0.168. The average Bonchev–Trinajstić information content (AvgIpc) is 2.60. The Balaban J connectivity index is 5.14. The van der Waals surface area contributed by atoms with Gasteiger partial charge in [-0.25, -0.2) is 30.7 Å². The Morgan fingerprint density at radius 2 is 1.30 bits per heavy atom. The van der Waals surface area contributed by atoms with Crippen LogP contribution in [0.4, 0.5) is 57.1 Å². The van der Waals surface area contributed by atoms with Gasteiger partial charge < -0.3 is 14.4 Å². The van der Waals surface area contributed by atoms with E-state index < -0.39 is 89.9 Å². The predicted molar refractivity (Wildman–Crippen MR) is 97.9 cm³/mol. The number of aliphatic carboxylic acids is 1. The lowest BCUT2D eigenvalue weighted by molar-refractivity contribution is -0.884.